The standard InChI is InChI=1S/C13H14N2O3S/c1-3-13-14-12(15-18-13)9-6-10-4-7-11(8-5-10)19(2,16)17/h4-9H,3H2,1-2H3. The Balaban J connectivity index is 2.15. The molecule has 2 rings (SSSR count). The minimum Gasteiger partial charge on any atom is -0.339 e. The average Bonchev–Trinajstić information content (AvgIpc) is 2.84. The smallest absolute Gasteiger partial charge is 0.226 e. The Labute approximate surface area is 111 Å². The number of rotatable bonds is 4. The lowest BCUT2D eigenvalue weighted by Gasteiger charge is -1.98. The molecule has 0 fully saturated rings. The van der Waals surface area contributed by atoms with Gasteiger partial charge in [0.05, 0.1) is 4.90 Å². The molecule has 0 aliphatic heterocycles. The van der Waals surface area contributed by atoms with Crippen LogP contribution in [0.15, 0.2) is 33.7 Å². The van der Waals surface area contributed by atoms with E-state index in [0.29, 0.717) is 23.0 Å². The highest BCUT2D eigenvalue weighted by atomic mass is 32.2. The molecule has 1 heterocycles. The molecule has 2 aromatic rings. The predicted octanol–water partition coefficient (Wildman–Crippen LogP) is 2.21. The normalized spacial score (nSPS) is 12.1. The molecule has 6 heteroatoms. The van der Waals surface area contributed by atoms with E-state index in [1.807, 2.05) is 6.92 Å². The van der Waals surface area contributed by atoms with Gasteiger partial charge in [-0.15, -0.1) is 0 Å². The van der Waals surface area contributed by atoms with E-state index >= 15 is 0 Å². The third kappa shape index (κ3) is 3.51. The molecule has 19 heavy (non-hydrogen) atoms. The van der Waals surface area contributed by atoms with Crippen LogP contribution in [0.2, 0.25) is 0 Å². The average molecular weight is 278 g/mol. The number of benzene rings is 1. The number of hydrogen-bond acceptors (Lipinski definition) is 5. The van der Waals surface area contributed by atoms with Crippen molar-refractivity contribution in [1.29, 1.82) is 0 Å². The third-order valence-corrected chi connectivity index (χ3v) is 3.65. The summed E-state index contributed by atoms with van der Waals surface area (Å²) in [6, 6.07) is 6.60. The van der Waals surface area contributed by atoms with Crippen LogP contribution in [0.3, 0.4) is 0 Å². The minimum absolute atomic E-state index is 0.303. The van der Waals surface area contributed by atoms with Crippen molar-refractivity contribution < 1.29 is 12.9 Å². The molecule has 1 aromatic heterocycles. The van der Waals surface area contributed by atoms with Gasteiger partial charge in [-0.3, -0.25) is 0 Å². The molecule has 0 saturated heterocycles. The van der Waals surface area contributed by atoms with Crippen molar-refractivity contribution in [1.82, 2.24) is 10.1 Å². The first-order valence-electron chi connectivity index (χ1n) is 5.80. The van der Waals surface area contributed by atoms with Crippen molar-refractivity contribution in [2.45, 2.75) is 18.2 Å². The van der Waals surface area contributed by atoms with Gasteiger partial charge in [0.15, 0.2) is 15.7 Å². The highest BCUT2D eigenvalue weighted by Crippen LogP contribution is 2.12. The molecule has 100 valence electrons. The van der Waals surface area contributed by atoms with Gasteiger partial charge in [-0.05, 0) is 23.8 Å². The third-order valence-electron chi connectivity index (χ3n) is 2.52. The first-order valence-corrected chi connectivity index (χ1v) is 7.69. The van der Waals surface area contributed by atoms with Gasteiger partial charge < -0.3 is 4.52 Å². The van der Waals surface area contributed by atoms with E-state index in [0.717, 1.165) is 5.56 Å². The van der Waals surface area contributed by atoms with E-state index in [9.17, 15) is 8.42 Å². The van der Waals surface area contributed by atoms with Crippen molar-refractivity contribution in [3.63, 3.8) is 0 Å². The highest BCUT2D eigenvalue weighted by molar-refractivity contribution is 7.90. The number of aromatic nitrogens is 2. The number of sulfone groups is 1. The van der Waals surface area contributed by atoms with Crippen LogP contribution in [0.25, 0.3) is 12.2 Å². The van der Waals surface area contributed by atoms with Gasteiger partial charge in [-0.1, -0.05) is 30.3 Å². The lowest BCUT2D eigenvalue weighted by atomic mass is 10.2. The van der Waals surface area contributed by atoms with E-state index in [4.69, 9.17) is 4.52 Å². The summed E-state index contributed by atoms with van der Waals surface area (Å²) in [7, 11) is -3.15. The van der Waals surface area contributed by atoms with Crippen molar-refractivity contribution in [2.75, 3.05) is 6.26 Å². The fraction of sp³-hybridized carbons (Fsp3) is 0.231. The quantitative estimate of drug-likeness (QED) is 0.857. The maximum Gasteiger partial charge on any atom is 0.226 e. The predicted molar refractivity (Wildman–Crippen MR) is 72.2 cm³/mol. The zero-order valence-electron chi connectivity index (χ0n) is 10.7. The van der Waals surface area contributed by atoms with E-state index in [1.165, 1.54) is 6.26 Å². The van der Waals surface area contributed by atoms with Gasteiger partial charge in [-0.2, -0.15) is 4.98 Å². The Morgan fingerprint density at radius 1 is 1.21 bits per heavy atom. The summed E-state index contributed by atoms with van der Waals surface area (Å²) in [5.74, 6) is 1.09. The van der Waals surface area contributed by atoms with Gasteiger partial charge >= 0.3 is 0 Å². The monoisotopic (exact) mass is 278 g/mol. The van der Waals surface area contributed by atoms with Crippen LogP contribution < -0.4 is 0 Å². The second-order valence-electron chi connectivity index (χ2n) is 4.07. The molecule has 0 aliphatic carbocycles. The molecular formula is C13H14N2O3S. The SMILES string of the molecule is CCc1nc(C=Cc2ccc(S(C)(=O)=O)cc2)no1. The molecule has 0 atom stereocenters. The Morgan fingerprint density at radius 3 is 2.42 bits per heavy atom. The van der Waals surface area contributed by atoms with Crippen LogP contribution in [-0.2, 0) is 16.3 Å². The Bertz CT molecular complexity index is 685. The summed E-state index contributed by atoms with van der Waals surface area (Å²) in [6.45, 7) is 1.94. The van der Waals surface area contributed by atoms with Crippen LogP contribution in [0.1, 0.15) is 24.2 Å². The molecule has 0 saturated carbocycles. The molecule has 0 spiro atoms. The largest absolute Gasteiger partial charge is 0.339 e. The van der Waals surface area contributed by atoms with Crippen LogP contribution in [0, 0.1) is 0 Å². The van der Waals surface area contributed by atoms with Crippen molar-refractivity contribution in [3.8, 4) is 0 Å². The lowest BCUT2D eigenvalue weighted by molar-refractivity contribution is 0.380. The van der Waals surface area contributed by atoms with Gasteiger partial charge in [0, 0.05) is 12.7 Å². The van der Waals surface area contributed by atoms with E-state index in [2.05, 4.69) is 10.1 Å². The van der Waals surface area contributed by atoms with Crippen LogP contribution >= 0.6 is 0 Å². The molecule has 0 bridgehead atoms. The second-order valence-corrected chi connectivity index (χ2v) is 6.09. The summed E-state index contributed by atoms with van der Waals surface area (Å²) in [6.07, 6.45) is 5.40. The minimum atomic E-state index is -3.15. The van der Waals surface area contributed by atoms with Crippen molar-refractivity contribution in [3.05, 3.63) is 41.5 Å². The molecule has 0 aliphatic rings. The summed E-state index contributed by atoms with van der Waals surface area (Å²) >= 11 is 0. The molecule has 0 N–H and O–H groups in total. The van der Waals surface area contributed by atoms with Gasteiger partial charge in [-0.25, -0.2) is 8.42 Å². The second kappa shape index (κ2) is 5.36. The summed E-state index contributed by atoms with van der Waals surface area (Å²) in [5.41, 5.74) is 0.871. The Hall–Kier alpha value is -1.95. The van der Waals surface area contributed by atoms with Crippen LogP contribution in [-0.4, -0.2) is 24.8 Å². The molecule has 1 aromatic carbocycles. The van der Waals surface area contributed by atoms with Crippen LogP contribution in [0.5, 0.6) is 0 Å². The Kier molecular flexibility index (Phi) is 3.80. The lowest BCUT2D eigenvalue weighted by Crippen LogP contribution is -1.95. The summed E-state index contributed by atoms with van der Waals surface area (Å²) < 4.78 is 27.6. The topological polar surface area (TPSA) is 73.1 Å². The fourth-order valence-electron chi connectivity index (χ4n) is 1.48. The maximum absolute atomic E-state index is 11.3. The van der Waals surface area contributed by atoms with Gasteiger partial charge in [0.2, 0.25) is 5.89 Å². The molecule has 0 amide bonds. The molecule has 0 unspecified atom stereocenters. The Morgan fingerprint density at radius 2 is 1.89 bits per heavy atom. The van der Waals surface area contributed by atoms with Crippen molar-refractivity contribution >= 4 is 22.0 Å². The van der Waals surface area contributed by atoms with Crippen molar-refractivity contribution in [2.24, 2.45) is 0 Å². The number of hydrogen-bond donors (Lipinski definition) is 0. The molecular weight excluding hydrogens is 264 g/mol. The fourth-order valence-corrected chi connectivity index (χ4v) is 2.11. The van der Waals surface area contributed by atoms with E-state index in [1.54, 1.807) is 36.4 Å². The van der Waals surface area contributed by atoms with E-state index < -0.39 is 9.84 Å². The number of aryl methyl sites for hydroxylation is 1. The maximum atomic E-state index is 11.3. The van der Waals surface area contributed by atoms with Crippen LogP contribution in [0.4, 0.5) is 0 Å². The zero-order valence-corrected chi connectivity index (χ0v) is 11.5. The molecule has 0 radical (unpaired) electrons. The highest BCUT2D eigenvalue weighted by Gasteiger charge is 2.05. The summed E-state index contributed by atoms with van der Waals surface area (Å²) in [5, 5.41) is 3.79. The number of nitrogens with zero attached hydrogens (tertiary/aromatic N) is 2. The first-order chi connectivity index (χ1) is 8.99. The zero-order chi connectivity index (χ0) is 13.9. The van der Waals surface area contributed by atoms with Gasteiger partial charge in [0.25, 0.3) is 0 Å². The summed E-state index contributed by atoms with van der Waals surface area (Å²) in [4.78, 5) is 4.44. The van der Waals surface area contributed by atoms with Gasteiger partial charge in [0.1, 0.15) is 0 Å². The first kappa shape index (κ1) is 13.5. The van der Waals surface area contributed by atoms with E-state index in [-0.39, 0.29) is 0 Å². The molecule has 5 nitrogen and oxygen atoms in total.